The van der Waals surface area contributed by atoms with E-state index >= 15 is 0 Å². The van der Waals surface area contributed by atoms with Gasteiger partial charge in [0.1, 0.15) is 25.0 Å². The Morgan fingerprint density at radius 1 is 1.00 bits per heavy atom. The molecule has 2 aromatic heterocycles. The minimum atomic E-state index is 0.540. The smallest absolute Gasteiger partial charge is 0.141 e. The Morgan fingerprint density at radius 3 is 2.38 bits per heavy atom. The van der Waals surface area contributed by atoms with Crippen molar-refractivity contribution in [3.05, 3.63) is 94.2 Å². The summed E-state index contributed by atoms with van der Waals surface area (Å²) < 4.78 is 10.7. The molecule has 4 rings (SSSR count). The van der Waals surface area contributed by atoms with Crippen LogP contribution in [0.2, 0.25) is 0 Å². The second kappa shape index (κ2) is 8.45. The number of rotatable bonds is 6. The topological polar surface area (TPSA) is 57.2 Å². The fourth-order valence-electron chi connectivity index (χ4n) is 3.14. The molecule has 0 spiro atoms. The van der Waals surface area contributed by atoms with Crippen molar-refractivity contribution >= 4 is 22.1 Å². The molecular weight excluding hydrogens is 430 g/mol. The maximum absolute atomic E-state index is 5.91. The minimum Gasteiger partial charge on any atom is -0.489 e. The van der Waals surface area contributed by atoms with Crippen LogP contribution in [0.15, 0.2) is 76.8 Å². The summed E-state index contributed by atoms with van der Waals surface area (Å²) in [5.41, 5.74) is 5.51. The molecule has 146 valence electrons. The van der Waals surface area contributed by atoms with Crippen LogP contribution in [0.25, 0.3) is 5.69 Å². The first-order chi connectivity index (χ1) is 14.1. The molecule has 29 heavy (non-hydrogen) atoms. The van der Waals surface area contributed by atoms with Gasteiger partial charge in [-0.3, -0.25) is 0 Å². The summed E-state index contributed by atoms with van der Waals surface area (Å²) in [7, 11) is 0. The van der Waals surface area contributed by atoms with Crippen molar-refractivity contribution in [2.75, 3.05) is 0 Å². The van der Waals surface area contributed by atoms with Crippen molar-refractivity contribution in [3.8, 4) is 11.4 Å². The Hall–Kier alpha value is -3.19. The molecule has 0 aliphatic rings. The first-order valence-electron chi connectivity index (χ1n) is 9.16. The van der Waals surface area contributed by atoms with Crippen molar-refractivity contribution in [3.63, 3.8) is 0 Å². The number of nitrogens with zero attached hydrogens (tertiary/aromatic N) is 5. The van der Waals surface area contributed by atoms with Crippen LogP contribution in [-0.2, 0) is 6.61 Å². The van der Waals surface area contributed by atoms with Crippen molar-refractivity contribution in [1.29, 1.82) is 0 Å². The van der Waals surface area contributed by atoms with Gasteiger partial charge in [-0.2, -0.15) is 5.10 Å². The molecule has 0 unspecified atom stereocenters. The molecule has 0 fully saturated rings. The quantitative estimate of drug-likeness (QED) is 0.393. The summed E-state index contributed by atoms with van der Waals surface area (Å²) in [6.07, 6.45) is 4.93. The van der Waals surface area contributed by atoms with E-state index in [1.807, 2.05) is 42.6 Å². The van der Waals surface area contributed by atoms with E-state index in [0.717, 1.165) is 38.4 Å². The van der Waals surface area contributed by atoms with E-state index < -0.39 is 0 Å². The summed E-state index contributed by atoms with van der Waals surface area (Å²) in [6.45, 7) is 4.71. The Balaban J connectivity index is 1.49. The highest BCUT2D eigenvalue weighted by Crippen LogP contribution is 2.23. The zero-order chi connectivity index (χ0) is 20.2. The average Bonchev–Trinajstić information content (AvgIpc) is 3.34. The monoisotopic (exact) mass is 449 g/mol. The Kier molecular flexibility index (Phi) is 5.57. The van der Waals surface area contributed by atoms with Gasteiger partial charge >= 0.3 is 0 Å². The molecule has 0 aliphatic heterocycles. The Bertz CT molecular complexity index is 1110. The molecule has 4 aromatic rings. The molecule has 6 nitrogen and oxygen atoms in total. The van der Waals surface area contributed by atoms with Gasteiger partial charge in [0.2, 0.25) is 0 Å². The molecular formula is C22H20BrN5O. The first kappa shape index (κ1) is 19.1. The lowest BCUT2D eigenvalue weighted by Gasteiger charge is -2.11. The summed E-state index contributed by atoms with van der Waals surface area (Å²) >= 11 is 3.45. The molecule has 0 saturated heterocycles. The van der Waals surface area contributed by atoms with Crippen LogP contribution in [0.5, 0.6) is 5.75 Å². The third kappa shape index (κ3) is 4.46. The van der Waals surface area contributed by atoms with Gasteiger partial charge in [-0.05, 0) is 61.9 Å². The van der Waals surface area contributed by atoms with Crippen LogP contribution < -0.4 is 4.74 Å². The molecule has 0 amide bonds. The van der Waals surface area contributed by atoms with Gasteiger partial charge in [-0.1, -0.05) is 28.1 Å². The van der Waals surface area contributed by atoms with Gasteiger partial charge in [-0.25, -0.2) is 4.68 Å². The number of hydrogen-bond acceptors (Lipinski definition) is 4. The maximum Gasteiger partial charge on any atom is 0.141 e. The number of hydrogen-bond donors (Lipinski definition) is 0. The standard InChI is InChI=1S/C22H20BrN5O/c1-16-11-19(12-26-27-14-24-25-15-27)17(2)28(16)21-7-9-22(10-8-21)29-13-18-3-5-20(23)6-4-18/h3-12,14-15H,13H2,1-2H3/b26-12-. The zero-order valence-electron chi connectivity index (χ0n) is 16.2. The molecule has 0 atom stereocenters. The van der Waals surface area contributed by atoms with E-state index in [-0.39, 0.29) is 0 Å². The van der Waals surface area contributed by atoms with Gasteiger partial charge in [0.25, 0.3) is 0 Å². The first-order valence-corrected chi connectivity index (χ1v) is 9.95. The van der Waals surface area contributed by atoms with Crippen molar-refractivity contribution in [2.24, 2.45) is 5.10 Å². The normalized spacial score (nSPS) is 11.3. The van der Waals surface area contributed by atoms with Gasteiger partial charge in [0.15, 0.2) is 0 Å². The fourth-order valence-corrected chi connectivity index (χ4v) is 3.40. The maximum atomic E-state index is 5.91. The van der Waals surface area contributed by atoms with E-state index in [4.69, 9.17) is 4.74 Å². The molecule has 0 N–H and O–H groups in total. The third-order valence-corrected chi connectivity index (χ3v) is 5.15. The molecule has 0 aliphatic carbocycles. The molecule has 7 heteroatoms. The van der Waals surface area contributed by atoms with Crippen molar-refractivity contribution < 1.29 is 4.74 Å². The van der Waals surface area contributed by atoms with E-state index in [9.17, 15) is 0 Å². The predicted octanol–water partition coefficient (Wildman–Crippen LogP) is 4.91. The molecule has 0 saturated carbocycles. The van der Waals surface area contributed by atoms with Crippen LogP contribution in [0.4, 0.5) is 0 Å². The number of halogens is 1. The summed E-state index contributed by atoms with van der Waals surface area (Å²) in [5.74, 6) is 0.841. The summed E-state index contributed by atoms with van der Waals surface area (Å²) in [5, 5.41) is 11.9. The predicted molar refractivity (Wildman–Crippen MR) is 117 cm³/mol. The second-order valence-corrected chi connectivity index (χ2v) is 7.57. The molecule has 0 radical (unpaired) electrons. The number of benzene rings is 2. The molecule has 2 aromatic carbocycles. The Labute approximate surface area is 177 Å². The van der Waals surface area contributed by atoms with Gasteiger partial charge in [-0.15, -0.1) is 10.2 Å². The second-order valence-electron chi connectivity index (χ2n) is 6.66. The van der Waals surface area contributed by atoms with Crippen molar-refractivity contribution in [2.45, 2.75) is 20.5 Å². The van der Waals surface area contributed by atoms with Crippen LogP contribution in [0.3, 0.4) is 0 Å². The van der Waals surface area contributed by atoms with E-state index in [1.54, 1.807) is 17.3 Å². The van der Waals surface area contributed by atoms with E-state index in [0.29, 0.717) is 6.61 Å². The average molecular weight is 450 g/mol. The van der Waals surface area contributed by atoms with Crippen molar-refractivity contribution in [1.82, 2.24) is 19.4 Å². The fraction of sp³-hybridized carbons (Fsp3) is 0.136. The highest BCUT2D eigenvalue weighted by atomic mass is 79.9. The highest BCUT2D eigenvalue weighted by molar-refractivity contribution is 9.10. The van der Waals surface area contributed by atoms with Gasteiger partial charge in [0, 0.05) is 27.1 Å². The van der Waals surface area contributed by atoms with Crippen LogP contribution in [0, 0.1) is 13.8 Å². The van der Waals surface area contributed by atoms with Crippen LogP contribution >= 0.6 is 15.9 Å². The largest absolute Gasteiger partial charge is 0.489 e. The number of ether oxygens (including phenoxy) is 1. The van der Waals surface area contributed by atoms with E-state index in [1.165, 1.54) is 0 Å². The SMILES string of the molecule is Cc1cc(/C=N\n2cnnc2)c(C)n1-c1ccc(OCc2ccc(Br)cc2)cc1. The van der Waals surface area contributed by atoms with Gasteiger partial charge < -0.3 is 9.30 Å². The van der Waals surface area contributed by atoms with E-state index in [2.05, 4.69) is 67.8 Å². The highest BCUT2D eigenvalue weighted by Gasteiger charge is 2.10. The number of aromatic nitrogens is 4. The molecule has 0 bridgehead atoms. The zero-order valence-corrected chi connectivity index (χ0v) is 17.7. The summed E-state index contributed by atoms with van der Waals surface area (Å²) in [6, 6.07) is 18.4. The lowest BCUT2D eigenvalue weighted by molar-refractivity contribution is 0.306. The Morgan fingerprint density at radius 2 is 1.69 bits per heavy atom. The molecule has 2 heterocycles. The van der Waals surface area contributed by atoms with Crippen LogP contribution in [0.1, 0.15) is 22.5 Å². The van der Waals surface area contributed by atoms with Gasteiger partial charge in [0.05, 0.1) is 6.21 Å². The summed E-state index contributed by atoms with van der Waals surface area (Å²) in [4.78, 5) is 0. The minimum absolute atomic E-state index is 0.540. The van der Waals surface area contributed by atoms with Crippen LogP contribution in [-0.4, -0.2) is 25.7 Å². The lowest BCUT2D eigenvalue weighted by Crippen LogP contribution is -2.00. The lowest BCUT2D eigenvalue weighted by atomic mass is 10.2. The third-order valence-electron chi connectivity index (χ3n) is 4.62. The number of aryl methyl sites for hydroxylation is 1.